The molecule has 0 aliphatic carbocycles. The summed E-state index contributed by atoms with van der Waals surface area (Å²) in [7, 11) is 1.56. The van der Waals surface area contributed by atoms with E-state index in [0.29, 0.717) is 16.0 Å². The molecule has 2 heterocycles. The Morgan fingerprint density at radius 2 is 2.08 bits per heavy atom. The number of anilines is 1. The molecule has 1 aromatic carbocycles. The van der Waals surface area contributed by atoms with Gasteiger partial charge in [0.25, 0.3) is 11.5 Å². The van der Waals surface area contributed by atoms with Crippen LogP contribution in [0, 0.1) is 0 Å². The van der Waals surface area contributed by atoms with Crippen LogP contribution in [-0.4, -0.2) is 25.8 Å². The second kappa shape index (κ2) is 6.40. The van der Waals surface area contributed by atoms with Gasteiger partial charge in [0.05, 0.1) is 5.52 Å². The van der Waals surface area contributed by atoms with Crippen LogP contribution in [0.25, 0.3) is 10.9 Å². The number of nitrogens with one attached hydrogen (secondary N) is 1. The molecular formula is C16H16N4O3S. The number of rotatable bonds is 4. The van der Waals surface area contributed by atoms with E-state index in [1.807, 2.05) is 6.92 Å². The van der Waals surface area contributed by atoms with E-state index in [1.165, 1.54) is 15.9 Å². The standard InChI is InChI=1S/C16H16N4O3S/c1-3-6-11-18-19-16(24-11)17-14(22)12-13(21)9-7-4-5-8-10(9)20(2)15(12)23/h4-5,7-8,21H,3,6H2,1-2H3,(H,17,19,22). The van der Waals surface area contributed by atoms with Gasteiger partial charge < -0.3 is 9.67 Å². The fraction of sp³-hybridized carbons (Fsp3) is 0.250. The molecule has 0 atom stereocenters. The summed E-state index contributed by atoms with van der Waals surface area (Å²) < 4.78 is 1.34. The van der Waals surface area contributed by atoms with Gasteiger partial charge in [0.15, 0.2) is 0 Å². The summed E-state index contributed by atoms with van der Waals surface area (Å²) in [5, 5.41) is 22.3. The molecule has 3 rings (SSSR count). The fourth-order valence-electron chi connectivity index (χ4n) is 2.46. The zero-order chi connectivity index (χ0) is 17.3. The number of hydrogen-bond donors (Lipinski definition) is 2. The third kappa shape index (κ3) is 2.76. The Kier molecular flexibility index (Phi) is 4.30. The van der Waals surface area contributed by atoms with Crippen molar-refractivity contribution in [1.29, 1.82) is 0 Å². The molecule has 0 aliphatic rings. The van der Waals surface area contributed by atoms with Gasteiger partial charge in [-0.05, 0) is 18.6 Å². The number of hydrogen-bond acceptors (Lipinski definition) is 6. The maximum absolute atomic E-state index is 12.5. The third-order valence-electron chi connectivity index (χ3n) is 3.65. The summed E-state index contributed by atoms with van der Waals surface area (Å²) in [6.45, 7) is 2.02. The Balaban J connectivity index is 2.02. The van der Waals surface area contributed by atoms with E-state index in [4.69, 9.17) is 0 Å². The van der Waals surface area contributed by atoms with Crippen LogP contribution in [-0.2, 0) is 13.5 Å². The molecule has 0 saturated heterocycles. The van der Waals surface area contributed by atoms with Gasteiger partial charge in [-0.3, -0.25) is 14.9 Å². The number of para-hydroxylation sites is 1. The van der Waals surface area contributed by atoms with E-state index in [0.717, 1.165) is 17.8 Å². The second-order valence-corrected chi connectivity index (χ2v) is 6.37. The van der Waals surface area contributed by atoms with Crippen LogP contribution >= 0.6 is 11.3 Å². The third-order valence-corrected chi connectivity index (χ3v) is 4.55. The topological polar surface area (TPSA) is 97.1 Å². The number of aromatic hydroxyl groups is 1. The van der Waals surface area contributed by atoms with Crippen molar-refractivity contribution in [2.75, 3.05) is 5.32 Å². The maximum Gasteiger partial charge on any atom is 0.267 e. The summed E-state index contributed by atoms with van der Waals surface area (Å²) in [6, 6.07) is 6.86. The highest BCUT2D eigenvalue weighted by molar-refractivity contribution is 7.15. The molecule has 7 nitrogen and oxygen atoms in total. The summed E-state index contributed by atoms with van der Waals surface area (Å²) in [5.74, 6) is -1.03. The number of fused-ring (bicyclic) bond motifs is 1. The zero-order valence-corrected chi connectivity index (χ0v) is 14.1. The summed E-state index contributed by atoms with van der Waals surface area (Å²) in [5.41, 5.74) is -0.317. The van der Waals surface area contributed by atoms with Gasteiger partial charge >= 0.3 is 0 Å². The SMILES string of the molecule is CCCc1nnc(NC(=O)c2c(O)c3ccccc3n(C)c2=O)s1. The van der Waals surface area contributed by atoms with Crippen molar-refractivity contribution >= 4 is 33.3 Å². The molecule has 0 fully saturated rings. The van der Waals surface area contributed by atoms with Crippen molar-refractivity contribution < 1.29 is 9.90 Å². The number of benzene rings is 1. The van der Waals surface area contributed by atoms with Crippen LogP contribution in [0.4, 0.5) is 5.13 Å². The van der Waals surface area contributed by atoms with E-state index >= 15 is 0 Å². The molecule has 0 aliphatic heterocycles. The van der Waals surface area contributed by atoms with Crippen LogP contribution in [0.2, 0.25) is 0 Å². The van der Waals surface area contributed by atoms with Gasteiger partial charge in [0.1, 0.15) is 16.3 Å². The van der Waals surface area contributed by atoms with Crippen LogP contribution in [0.1, 0.15) is 28.7 Å². The van der Waals surface area contributed by atoms with Gasteiger partial charge in [-0.25, -0.2) is 0 Å². The van der Waals surface area contributed by atoms with Crippen LogP contribution in [0.15, 0.2) is 29.1 Å². The lowest BCUT2D eigenvalue weighted by molar-refractivity contribution is 0.102. The molecule has 0 bridgehead atoms. The molecule has 8 heteroatoms. The minimum Gasteiger partial charge on any atom is -0.506 e. The molecule has 0 saturated carbocycles. The van der Waals surface area contributed by atoms with E-state index in [2.05, 4.69) is 15.5 Å². The second-order valence-electron chi connectivity index (χ2n) is 5.31. The molecule has 24 heavy (non-hydrogen) atoms. The molecule has 2 aromatic heterocycles. The highest BCUT2D eigenvalue weighted by Gasteiger charge is 2.22. The molecule has 0 unspecified atom stereocenters. The minimum absolute atomic E-state index is 0.302. The Bertz CT molecular complexity index is 977. The van der Waals surface area contributed by atoms with Crippen molar-refractivity contribution in [2.24, 2.45) is 7.05 Å². The number of aryl methyl sites for hydroxylation is 2. The first-order chi connectivity index (χ1) is 11.5. The molecular weight excluding hydrogens is 328 g/mol. The normalized spacial score (nSPS) is 10.9. The molecule has 2 N–H and O–H groups in total. The monoisotopic (exact) mass is 344 g/mol. The van der Waals surface area contributed by atoms with E-state index in [-0.39, 0.29) is 11.3 Å². The van der Waals surface area contributed by atoms with E-state index in [1.54, 1.807) is 31.3 Å². The lowest BCUT2D eigenvalue weighted by Crippen LogP contribution is -2.28. The predicted octanol–water partition coefficient (Wildman–Crippen LogP) is 2.30. The molecule has 1 amide bonds. The van der Waals surface area contributed by atoms with Gasteiger partial charge in [-0.1, -0.05) is 30.4 Å². The van der Waals surface area contributed by atoms with Crippen LogP contribution in [0.3, 0.4) is 0 Å². The molecule has 0 radical (unpaired) electrons. The first-order valence-corrected chi connectivity index (χ1v) is 8.29. The number of nitrogens with zero attached hydrogens (tertiary/aromatic N) is 3. The quantitative estimate of drug-likeness (QED) is 0.757. The first-order valence-electron chi connectivity index (χ1n) is 7.47. The highest BCUT2D eigenvalue weighted by Crippen LogP contribution is 2.26. The lowest BCUT2D eigenvalue weighted by Gasteiger charge is -2.10. The summed E-state index contributed by atoms with van der Waals surface area (Å²) in [4.78, 5) is 24.9. The number of carbonyl (C=O) groups excluding carboxylic acids is 1. The van der Waals surface area contributed by atoms with E-state index in [9.17, 15) is 14.7 Å². The van der Waals surface area contributed by atoms with Crippen LogP contribution < -0.4 is 10.9 Å². The summed E-state index contributed by atoms with van der Waals surface area (Å²) in [6.07, 6.45) is 1.70. The van der Waals surface area contributed by atoms with Crippen molar-refractivity contribution in [3.05, 3.63) is 45.2 Å². The Labute approximate surface area is 141 Å². The Morgan fingerprint density at radius 3 is 2.83 bits per heavy atom. The predicted molar refractivity (Wildman–Crippen MR) is 92.7 cm³/mol. The van der Waals surface area contributed by atoms with Gasteiger partial charge in [0.2, 0.25) is 5.13 Å². The zero-order valence-electron chi connectivity index (χ0n) is 13.2. The van der Waals surface area contributed by atoms with Gasteiger partial charge in [0, 0.05) is 18.9 Å². The van der Waals surface area contributed by atoms with Crippen molar-refractivity contribution in [3.63, 3.8) is 0 Å². The van der Waals surface area contributed by atoms with E-state index < -0.39 is 11.5 Å². The number of aromatic nitrogens is 3. The molecule has 0 spiro atoms. The van der Waals surface area contributed by atoms with Crippen LogP contribution in [0.5, 0.6) is 5.75 Å². The Morgan fingerprint density at radius 1 is 1.33 bits per heavy atom. The number of pyridine rings is 1. The number of amides is 1. The smallest absolute Gasteiger partial charge is 0.267 e. The maximum atomic E-state index is 12.5. The Hall–Kier alpha value is -2.74. The number of carbonyl (C=O) groups is 1. The van der Waals surface area contributed by atoms with Gasteiger partial charge in [-0.15, -0.1) is 10.2 Å². The fourth-order valence-corrected chi connectivity index (χ4v) is 3.30. The molecule has 124 valence electrons. The largest absolute Gasteiger partial charge is 0.506 e. The minimum atomic E-state index is -0.696. The highest BCUT2D eigenvalue weighted by atomic mass is 32.1. The summed E-state index contributed by atoms with van der Waals surface area (Å²) >= 11 is 1.26. The lowest BCUT2D eigenvalue weighted by atomic mass is 10.1. The van der Waals surface area contributed by atoms with Crippen molar-refractivity contribution in [2.45, 2.75) is 19.8 Å². The molecule has 3 aromatic rings. The average molecular weight is 344 g/mol. The van der Waals surface area contributed by atoms with Crippen molar-refractivity contribution in [3.8, 4) is 5.75 Å². The van der Waals surface area contributed by atoms with Gasteiger partial charge in [-0.2, -0.15) is 0 Å². The average Bonchev–Trinajstić information content (AvgIpc) is 3.00. The first kappa shape index (κ1) is 16.1. The van der Waals surface area contributed by atoms with Crippen molar-refractivity contribution in [1.82, 2.24) is 14.8 Å².